The summed E-state index contributed by atoms with van der Waals surface area (Å²) in [6.45, 7) is 6.36. The summed E-state index contributed by atoms with van der Waals surface area (Å²) in [7, 11) is 0. The second-order valence-corrected chi connectivity index (χ2v) is 5.69. The Morgan fingerprint density at radius 1 is 1.45 bits per heavy atom. The molecule has 1 aliphatic heterocycles. The van der Waals surface area contributed by atoms with Crippen molar-refractivity contribution in [2.45, 2.75) is 19.6 Å². The fourth-order valence-electron chi connectivity index (χ4n) is 2.28. The van der Waals surface area contributed by atoms with Gasteiger partial charge in [-0.05, 0) is 34.6 Å². The highest BCUT2D eigenvalue weighted by Gasteiger charge is 2.19. The molecule has 20 heavy (non-hydrogen) atoms. The first-order chi connectivity index (χ1) is 9.61. The van der Waals surface area contributed by atoms with Gasteiger partial charge in [-0.2, -0.15) is 0 Å². The number of nitrogens with zero attached hydrogens (tertiary/aromatic N) is 1. The van der Waals surface area contributed by atoms with Crippen molar-refractivity contribution in [1.82, 2.24) is 10.2 Å². The molecule has 6 heteroatoms. The fraction of sp³-hybridized carbons (Fsp3) is 0.571. The number of halogens is 3. The first-order valence-electron chi connectivity index (χ1n) is 6.78. The molecule has 0 amide bonds. The van der Waals surface area contributed by atoms with Gasteiger partial charge in [-0.25, -0.2) is 8.78 Å². The maximum atomic E-state index is 13.8. The number of hydrogen-bond donors (Lipinski definition) is 1. The van der Waals surface area contributed by atoms with Crippen molar-refractivity contribution in [1.29, 1.82) is 0 Å². The number of rotatable bonds is 5. The highest BCUT2D eigenvalue weighted by atomic mass is 79.9. The van der Waals surface area contributed by atoms with Crippen LogP contribution in [0.1, 0.15) is 12.5 Å². The van der Waals surface area contributed by atoms with Crippen LogP contribution in [0.15, 0.2) is 16.6 Å². The van der Waals surface area contributed by atoms with Crippen molar-refractivity contribution in [3.63, 3.8) is 0 Å². The zero-order valence-electron chi connectivity index (χ0n) is 11.5. The number of benzene rings is 1. The summed E-state index contributed by atoms with van der Waals surface area (Å²) in [5.74, 6) is -1.07. The molecule has 112 valence electrons. The minimum Gasteiger partial charge on any atom is -0.374 e. The molecule has 0 saturated carbocycles. The highest BCUT2D eigenvalue weighted by molar-refractivity contribution is 9.10. The molecule has 1 aliphatic rings. The topological polar surface area (TPSA) is 24.5 Å². The molecular weight excluding hydrogens is 330 g/mol. The number of likely N-dealkylation sites (N-methyl/N-ethyl adjacent to an activating group) is 1. The monoisotopic (exact) mass is 348 g/mol. The van der Waals surface area contributed by atoms with Gasteiger partial charge in [0.25, 0.3) is 0 Å². The van der Waals surface area contributed by atoms with Crippen LogP contribution in [0.3, 0.4) is 0 Å². The first-order valence-corrected chi connectivity index (χ1v) is 7.58. The Bertz CT molecular complexity index is 459. The summed E-state index contributed by atoms with van der Waals surface area (Å²) in [5, 5.41) is 3.07. The fourth-order valence-corrected chi connectivity index (χ4v) is 2.65. The van der Waals surface area contributed by atoms with Crippen molar-refractivity contribution in [2.24, 2.45) is 0 Å². The van der Waals surface area contributed by atoms with Gasteiger partial charge in [0.1, 0.15) is 11.6 Å². The largest absolute Gasteiger partial charge is 0.374 e. The van der Waals surface area contributed by atoms with Crippen molar-refractivity contribution < 1.29 is 13.5 Å². The zero-order valence-corrected chi connectivity index (χ0v) is 13.1. The third kappa shape index (κ3) is 3.97. The molecule has 0 bridgehead atoms. The molecule has 1 N–H and O–H groups in total. The molecule has 1 atom stereocenters. The Morgan fingerprint density at radius 2 is 2.25 bits per heavy atom. The Hall–Kier alpha value is -0.560. The molecule has 0 spiro atoms. The Kier molecular flexibility index (Phi) is 5.89. The number of ether oxygens (including phenoxy) is 1. The van der Waals surface area contributed by atoms with Crippen LogP contribution < -0.4 is 5.32 Å². The van der Waals surface area contributed by atoms with Gasteiger partial charge >= 0.3 is 0 Å². The molecule has 3 nitrogen and oxygen atoms in total. The van der Waals surface area contributed by atoms with Crippen LogP contribution in [-0.2, 0) is 11.3 Å². The molecule has 1 saturated heterocycles. The summed E-state index contributed by atoms with van der Waals surface area (Å²) in [5.41, 5.74) is 0.0579. The SMILES string of the molecule is CCN1CCOC(CNCc2c(F)ccc(Br)c2F)C1. The van der Waals surface area contributed by atoms with Gasteiger partial charge in [0.05, 0.1) is 17.2 Å². The van der Waals surface area contributed by atoms with E-state index < -0.39 is 11.6 Å². The van der Waals surface area contributed by atoms with Gasteiger partial charge in [-0.15, -0.1) is 0 Å². The van der Waals surface area contributed by atoms with E-state index in [9.17, 15) is 8.78 Å². The maximum Gasteiger partial charge on any atom is 0.144 e. The van der Waals surface area contributed by atoms with E-state index in [1.54, 1.807) is 0 Å². The lowest BCUT2D eigenvalue weighted by Gasteiger charge is -2.32. The standard InChI is InChI=1S/C14H19BrF2N2O/c1-2-19-5-6-20-10(9-19)7-18-8-11-13(16)4-3-12(15)14(11)17/h3-4,10,18H,2,5-9H2,1H3. The van der Waals surface area contributed by atoms with E-state index in [2.05, 4.69) is 33.1 Å². The summed E-state index contributed by atoms with van der Waals surface area (Å²) in [6.07, 6.45) is 0.0713. The predicted molar refractivity (Wildman–Crippen MR) is 77.6 cm³/mol. The highest BCUT2D eigenvalue weighted by Crippen LogP contribution is 2.21. The lowest BCUT2D eigenvalue weighted by Crippen LogP contribution is -2.46. The van der Waals surface area contributed by atoms with Gasteiger partial charge in [-0.3, -0.25) is 4.90 Å². The van der Waals surface area contributed by atoms with Gasteiger partial charge in [-0.1, -0.05) is 6.92 Å². The molecule has 1 aromatic rings. The molecule has 1 unspecified atom stereocenters. The lowest BCUT2D eigenvalue weighted by molar-refractivity contribution is -0.0254. The summed E-state index contributed by atoms with van der Waals surface area (Å²) in [6, 6.07) is 2.64. The second kappa shape index (κ2) is 7.45. The molecule has 1 fully saturated rings. The van der Waals surface area contributed by atoms with Crippen LogP contribution in [-0.4, -0.2) is 43.8 Å². The van der Waals surface area contributed by atoms with Crippen molar-refractivity contribution >= 4 is 15.9 Å². The second-order valence-electron chi connectivity index (χ2n) is 4.84. The van der Waals surface area contributed by atoms with Crippen LogP contribution in [0, 0.1) is 11.6 Å². The van der Waals surface area contributed by atoms with Crippen LogP contribution in [0.5, 0.6) is 0 Å². The number of morpholine rings is 1. The number of hydrogen-bond acceptors (Lipinski definition) is 3. The van der Waals surface area contributed by atoms with Crippen LogP contribution in [0.25, 0.3) is 0 Å². The molecule has 1 heterocycles. The third-order valence-electron chi connectivity index (χ3n) is 3.48. The Balaban J connectivity index is 1.85. The molecule has 2 rings (SSSR count). The normalized spacial score (nSPS) is 20.3. The Morgan fingerprint density at radius 3 is 3.00 bits per heavy atom. The molecular formula is C14H19BrF2N2O. The number of nitrogens with one attached hydrogen (secondary N) is 1. The summed E-state index contributed by atoms with van der Waals surface area (Å²) < 4.78 is 33.3. The van der Waals surface area contributed by atoms with Gasteiger partial charge < -0.3 is 10.1 Å². The average molecular weight is 349 g/mol. The quantitative estimate of drug-likeness (QED) is 0.827. The van der Waals surface area contributed by atoms with Crippen LogP contribution >= 0.6 is 15.9 Å². The zero-order chi connectivity index (χ0) is 14.5. The van der Waals surface area contributed by atoms with E-state index in [1.165, 1.54) is 12.1 Å². The van der Waals surface area contributed by atoms with E-state index in [1.807, 2.05) is 0 Å². The van der Waals surface area contributed by atoms with Crippen LogP contribution in [0.4, 0.5) is 8.78 Å². The average Bonchev–Trinajstić information content (AvgIpc) is 2.47. The third-order valence-corrected chi connectivity index (χ3v) is 4.10. The van der Waals surface area contributed by atoms with Crippen molar-refractivity contribution in [3.8, 4) is 0 Å². The predicted octanol–water partition coefficient (Wildman–Crippen LogP) is 2.54. The van der Waals surface area contributed by atoms with Gasteiger partial charge in [0.15, 0.2) is 0 Å². The molecule has 0 aliphatic carbocycles. The van der Waals surface area contributed by atoms with E-state index >= 15 is 0 Å². The lowest BCUT2D eigenvalue weighted by atomic mass is 10.2. The maximum absolute atomic E-state index is 13.8. The molecule has 0 radical (unpaired) electrons. The smallest absolute Gasteiger partial charge is 0.144 e. The Labute approximate surface area is 126 Å². The molecule has 1 aromatic carbocycles. The summed E-state index contributed by atoms with van der Waals surface area (Å²) in [4.78, 5) is 2.30. The minimum absolute atomic E-state index is 0.0579. The van der Waals surface area contributed by atoms with E-state index in [0.717, 1.165) is 19.6 Å². The van der Waals surface area contributed by atoms with Crippen LogP contribution in [0.2, 0.25) is 0 Å². The molecule has 0 aromatic heterocycles. The van der Waals surface area contributed by atoms with Crippen molar-refractivity contribution in [2.75, 3.05) is 32.8 Å². The van der Waals surface area contributed by atoms with E-state index in [4.69, 9.17) is 4.74 Å². The van der Waals surface area contributed by atoms with Crippen molar-refractivity contribution in [3.05, 3.63) is 33.8 Å². The first kappa shape index (κ1) is 15.8. The van der Waals surface area contributed by atoms with Gasteiger partial charge in [0, 0.05) is 31.7 Å². The minimum atomic E-state index is -0.544. The van der Waals surface area contributed by atoms with Gasteiger partial charge in [0.2, 0.25) is 0 Å². The van der Waals surface area contributed by atoms with E-state index in [-0.39, 0.29) is 22.7 Å². The summed E-state index contributed by atoms with van der Waals surface area (Å²) >= 11 is 3.07. The van der Waals surface area contributed by atoms with E-state index in [0.29, 0.717) is 13.2 Å².